The Morgan fingerprint density at radius 2 is 1.78 bits per heavy atom. The van der Waals surface area contributed by atoms with Crippen LogP contribution in [0, 0.1) is 5.92 Å². The highest BCUT2D eigenvalue weighted by molar-refractivity contribution is 14.1. The van der Waals surface area contributed by atoms with Crippen molar-refractivity contribution in [1.82, 2.24) is 0 Å². The number of hydrogen-bond acceptors (Lipinski definition) is 0. The number of alkyl halides is 1. The normalized spacial score (nSPS) is 10.7. The van der Waals surface area contributed by atoms with Crippen molar-refractivity contribution in [3.05, 3.63) is 0 Å². The monoisotopic (exact) mass is 240 g/mol. The number of hydrogen-bond donors (Lipinski definition) is 0. The predicted molar refractivity (Wildman–Crippen MR) is 52.2 cm³/mol. The summed E-state index contributed by atoms with van der Waals surface area (Å²) in [6.07, 6.45) is 5.69. The summed E-state index contributed by atoms with van der Waals surface area (Å²) in [5, 5.41) is 0. The maximum Gasteiger partial charge on any atom is -0.000473 e. The first kappa shape index (κ1) is 9.73. The molecule has 0 radical (unpaired) electrons. The Morgan fingerprint density at radius 3 is 2.22 bits per heavy atom. The quantitative estimate of drug-likeness (QED) is 0.391. The van der Waals surface area contributed by atoms with Crippen LogP contribution in [-0.4, -0.2) is 4.43 Å². The molecule has 0 amide bonds. The van der Waals surface area contributed by atoms with Crippen molar-refractivity contribution in [2.75, 3.05) is 4.43 Å². The Kier molecular flexibility index (Phi) is 7.40. The van der Waals surface area contributed by atoms with Crippen molar-refractivity contribution in [1.29, 1.82) is 0 Å². The lowest BCUT2D eigenvalue weighted by atomic mass is 10.1. The summed E-state index contributed by atoms with van der Waals surface area (Å²) in [6.45, 7) is 4.59. The van der Waals surface area contributed by atoms with Crippen molar-refractivity contribution < 1.29 is 0 Å². The molecule has 0 spiro atoms. The third-order valence-electron chi connectivity index (χ3n) is 1.42. The van der Waals surface area contributed by atoms with E-state index in [1.807, 2.05) is 0 Å². The molecule has 0 aromatic rings. The summed E-state index contributed by atoms with van der Waals surface area (Å²) in [6, 6.07) is 0. The SMILES string of the molecule is CC(C)CCCCCI. The van der Waals surface area contributed by atoms with Crippen LogP contribution in [0.1, 0.15) is 39.5 Å². The molecule has 0 nitrogen and oxygen atoms in total. The maximum absolute atomic E-state index is 2.44. The maximum atomic E-state index is 2.44. The zero-order valence-corrected chi connectivity index (χ0v) is 8.65. The molecule has 9 heavy (non-hydrogen) atoms. The van der Waals surface area contributed by atoms with E-state index in [1.165, 1.54) is 30.1 Å². The lowest BCUT2D eigenvalue weighted by Crippen LogP contribution is -1.86. The van der Waals surface area contributed by atoms with E-state index >= 15 is 0 Å². The second-order valence-electron chi connectivity index (χ2n) is 2.93. The van der Waals surface area contributed by atoms with E-state index in [0.717, 1.165) is 5.92 Å². The van der Waals surface area contributed by atoms with Gasteiger partial charge in [-0.2, -0.15) is 0 Å². The minimum atomic E-state index is 0.902. The molecule has 0 aliphatic heterocycles. The van der Waals surface area contributed by atoms with Gasteiger partial charge >= 0.3 is 0 Å². The van der Waals surface area contributed by atoms with Crippen LogP contribution in [0.4, 0.5) is 0 Å². The fourth-order valence-corrected chi connectivity index (χ4v) is 1.36. The van der Waals surface area contributed by atoms with Gasteiger partial charge < -0.3 is 0 Å². The van der Waals surface area contributed by atoms with Crippen LogP contribution in [0.5, 0.6) is 0 Å². The Balaban J connectivity index is 2.75. The van der Waals surface area contributed by atoms with Crippen molar-refractivity contribution in [3.63, 3.8) is 0 Å². The highest BCUT2D eigenvalue weighted by Gasteiger charge is 1.92. The van der Waals surface area contributed by atoms with Crippen LogP contribution in [0.3, 0.4) is 0 Å². The first-order chi connectivity index (χ1) is 4.27. The summed E-state index contributed by atoms with van der Waals surface area (Å²) in [7, 11) is 0. The Labute approximate surface area is 72.6 Å². The molecule has 0 fully saturated rings. The van der Waals surface area contributed by atoms with E-state index in [-0.39, 0.29) is 0 Å². The fourth-order valence-electron chi connectivity index (χ4n) is 0.824. The zero-order chi connectivity index (χ0) is 7.11. The average molecular weight is 240 g/mol. The average Bonchev–Trinajstić information content (AvgIpc) is 1.80. The van der Waals surface area contributed by atoms with Gasteiger partial charge in [-0.25, -0.2) is 0 Å². The standard InChI is InChI=1S/C8H17I/c1-8(2)6-4-3-5-7-9/h8H,3-7H2,1-2H3. The summed E-state index contributed by atoms with van der Waals surface area (Å²) in [4.78, 5) is 0. The molecule has 0 heterocycles. The molecule has 0 N–H and O–H groups in total. The Hall–Kier alpha value is 0.730. The van der Waals surface area contributed by atoms with Crippen LogP contribution in [-0.2, 0) is 0 Å². The fraction of sp³-hybridized carbons (Fsp3) is 1.00. The molecule has 0 atom stereocenters. The van der Waals surface area contributed by atoms with Gasteiger partial charge in [0.1, 0.15) is 0 Å². The van der Waals surface area contributed by atoms with Crippen molar-refractivity contribution in [2.45, 2.75) is 39.5 Å². The molecule has 0 aliphatic rings. The van der Waals surface area contributed by atoms with E-state index < -0.39 is 0 Å². The first-order valence-electron chi connectivity index (χ1n) is 3.83. The van der Waals surface area contributed by atoms with Gasteiger partial charge in [0.2, 0.25) is 0 Å². The second-order valence-corrected chi connectivity index (χ2v) is 4.01. The van der Waals surface area contributed by atoms with Gasteiger partial charge in [-0.05, 0) is 16.8 Å². The molecular formula is C8H17I. The molecule has 0 aromatic heterocycles. The number of rotatable bonds is 5. The third kappa shape index (κ3) is 8.73. The van der Waals surface area contributed by atoms with Crippen molar-refractivity contribution >= 4 is 22.6 Å². The number of unbranched alkanes of at least 4 members (excludes halogenated alkanes) is 2. The molecule has 0 saturated carbocycles. The molecule has 0 bridgehead atoms. The van der Waals surface area contributed by atoms with Gasteiger partial charge in [0, 0.05) is 0 Å². The molecule has 0 aliphatic carbocycles. The van der Waals surface area contributed by atoms with Crippen molar-refractivity contribution in [2.24, 2.45) is 5.92 Å². The summed E-state index contributed by atoms with van der Waals surface area (Å²) >= 11 is 2.44. The molecular weight excluding hydrogens is 223 g/mol. The van der Waals surface area contributed by atoms with E-state index in [9.17, 15) is 0 Å². The Morgan fingerprint density at radius 1 is 1.11 bits per heavy atom. The first-order valence-corrected chi connectivity index (χ1v) is 5.36. The van der Waals surface area contributed by atoms with E-state index in [4.69, 9.17) is 0 Å². The van der Waals surface area contributed by atoms with Crippen LogP contribution in [0.25, 0.3) is 0 Å². The smallest absolute Gasteiger partial charge is 0.000473 e. The summed E-state index contributed by atoms with van der Waals surface area (Å²) in [5.74, 6) is 0.902. The molecule has 0 unspecified atom stereocenters. The molecule has 0 aromatic carbocycles. The van der Waals surface area contributed by atoms with Gasteiger partial charge in [-0.15, -0.1) is 0 Å². The van der Waals surface area contributed by atoms with E-state index in [2.05, 4.69) is 36.4 Å². The molecule has 56 valence electrons. The second kappa shape index (κ2) is 6.84. The highest BCUT2D eigenvalue weighted by Crippen LogP contribution is 2.08. The summed E-state index contributed by atoms with van der Waals surface area (Å²) < 4.78 is 1.33. The molecule has 1 heteroatoms. The van der Waals surface area contributed by atoms with Gasteiger partial charge in [-0.1, -0.05) is 55.7 Å². The highest BCUT2D eigenvalue weighted by atomic mass is 127. The van der Waals surface area contributed by atoms with Gasteiger partial charge in [0.15, 0.2) is 0 Å². The largest absolute Gasteiger partial charge is 0.0864 e. The van der Waals surface area contributed by atoms with Gasteiger partial charge in [-0.3, -0.25) is 0 Å². The lowest BCUT2D eigenvalue weighted by molar-refractivity contribution is 0.536. The molecule has 0 saturated heterocycles. The third-order valence-corrected chi connectivity index (χ3v) is 2.18. The van der Waals surface area contributed by atoms with E-state index in [1.54, 1.807) is 0 Å². The number of halogens is 1. The van der Waals surface area contributed by atoms with Gasteiger partial charge in [0.25, 0.3) is 0 Å². The Bertz CT molecular complexity index is 50.5. The van der Waals surface area contributed by atoms with Crippen molar-refractivity contribution in [3.8, 4) is 0 Å². The minimum Gasteiger partial charge on any atom is -0.0864 e. The summed E-state index contributed by atoms with van der Waals surface area (Å²) in [5.41, 5.74) is 0. The van der Waals surface area contributed by atoms with Crippen LogP contribution < -0.4 is 0 Å². The van der Waals surface area contributed by atoms with Gasteiger partial charge in [0.05, 0.1) is 0 Å². The topological polar surface area (TPSA) is 0 Å². The van der Waals surface area contributed by atoms with Crippen LogP contribution >= 0.6 is 22.6 Å². The lowest BCUT2D eigenvalue weighted by Gasteiger charge is -2.01. The van der Waals surface area contributed by atoms with Crippen LogP contribution in [0.2, 0.25) is 0 Å². The predicted octanol–water partition coefficient (Wildman–Crippen LogP) is 3.64. The van der Waals surface area contributed by atoms with E-state index in [0.29, 0.717) is 0 Å². The van der Waals surface area contributed by atoms with Crippen LogP contribution in [0.15, 0.2) is 0 Å². The molecule has 0 rings (SSSR count). The minimum absolute atomic E-state index is 0.902. The zero-order valence-electron chi connectivity index (χ0n) is 6.49.